The number of nitrogens with two attached hydrogens (primary N) is 1. The molecule has 1 aromatic carbocycles. The summed E-state index contributed by atoms with van der Waals surface area (Å²) in [7, 11) is 0. The van der Waals surface area contributed by atoms with Crippen molar-refractivity contribution >= 4 is 15.9 Å². The number of rotatable bonds is 4. The molecule has 0 spiro atoms. The number of hydrogen-bond acceptors (Lipinski definition) is 3. The van der Waals surface area contributed by atoms with E-state index in [0.29, 0.717) is 47.7 Å². The summed E-state index contributed by atoms with van der Waals surface area (Å²) in [6, 6.07) is 1.40. The fourth-order valence-corrected chi connectivity index (χ4v) is 2.53. The van der Waals surface area contributed by atoms with Crippen LogP contribution in [0.3, 0.4) is 0 Å². The predicted octanol–water partition coefficient (Wildman–Crippen LogP) is 2.64. The number of fused-ring (bicyclic) bond motifs is 1. The van der Waals surface area contributed by atoms with E-state index in [1.54, 1.807) is 0 Å². The second-order valence-electron chi connectivity index (χ2n) is 3.92. The van der Waals surface area contributed by atoms with Crippen molar-refractivity contribution in [1.82, 2.24) is 0 Å². The molecule has 0 aromatic heterocycles. The van der Waals surface area contributed by atoms with Crippen LogP contribution in [-0.4, -0.2) is 19.8 Å². The molecule has 17 heavy (non-hydrogen) atoms. The number of halogens is 2. The Bertz CT molecular complexity index is 412. The molecule has 0 saturated carbocycles. The number of unbranched alkanes of at least 4 members (excludes halogenated alkanes) is 1. The van der Waals surface area contributed by atoms with Gasteiger partial charge in [0.2, 0.25) is 0 Å². The Kier molecular flexibility index (Phi) is 4.23. The summed E-state index contributed by atoms with van der Waals surface area (Å²) < 4.78 is 25.4. The third kappa shape index (κ3) is 2.72. The maximum atomic E-state index is 13.9. The first-order chi connectivity index (χ1) is 8.24. The molecule has 1 aliphatic heterocycles. The van der Waals surface area contributed by atoms with Gasteiger partial charge in [0.05, 0.1) is 4.47 Å². The Labute approximate surface area is 108 Å². The molecule has 0 saturated heterocycles. The molecule has 0 radical (unpaired) electrons. The van der Waals surface area contributed by atoms with Crippen molar-refractivity contribution in [2.75, 3.05) is 19.8 Å². The standard InChI is InChI=1S/C12H15BrFNO2/c13-11-8(3-1-2-4-15)9(14)7-10-12(11)17-6-5-16-10/h7H,1-6,15H2. The molecule has 0 unspecified atom stereocenters. The van der Waals surface area contributed by atoms with Crippen molar-refractivity contribution < 1.29 is 13.9 Å². The van der Waals surface area contributed by atoms with Crippen molar-refractivity contribution in [3.8, 4) is 11.5 Å². The van der Waals surface area contributed by atoms with Gasteiger partial charge in [-0.3, -0.25) is 0 Å². The van der Waals surface area contributed by atoms with Gasteiger partial charge in [0.1, 0.15) is 19.0 Å². The fourth-order valence-electron chi connectivity index (χ4n) is 1.83. The second-order valence-corrected chi connectivity index (χ2v) is 4.71. The van der Waals surface area contributed by atoms with Gasteiger partial charge in [0.15, 0.2) is 11.5 Å². The molecule has 0 atom stereocenters. The fraction of sp³-hybridized carbons (Fsp3) is 0.500. The SMILES string of the molecule is NCCCCc1c(F)cc2c(c1Br)OCCO2. The highest BCUT2D eigenvalue weighted by atomic mass is 79.9. The van der Waals surface area contributed by atoms with E-state index in [4.69, 9.17) is 15.2 Å². The van der Waals surface area contributed by atoms with Gasteiger partial charge in [-0.05, 0) is 41.7 Å². The lowest BCUT2D eigenvalue weighted by atomic mass is 10.1. The molecule has 3 nitrogen and oxygen atoms in total. The number of ether oxygens (including phenoxy) is 2. The minimum absolute atomic E-state index is 0.252. The minimum Gasteiger partial charge on any atom is -0.486 e. The smallest absolute Gasteiger partial charge is 0.175 e. The van der Waals surface area contributed by atoms with E-state index in [2.05, 4.69) is 15.9 Å². The van der Waals surface area contributed by atoms with Gasteiger partial charge in [-0.15, -0.1) is 0 Å². The van der Waals surface area contributed by atoms with Crippen LogP contribution >= 0.6 is 15.9 Å². The Balaban J connectivity index is 2.26. The zero-order valence-corrected chi connectivity index (χ0v) is 11.1. The summed E-state index contributed by atoms with van der Waals surface area (Å²) in [6.07, 6.45) is 2.41. The lowest BCUT2D eigenvalue weighted by molar-refractivity contribution is 0.169. The van der Waals surface area contributed by atoms with Gasteiger partial charge in [-0.25, -0.2) is 4.39 Å². The highest BCUT2D eigenvalue weighted by Crippen LogP contribution is 2.41. The summed E-state index contributed by atoms with van der Waals surface area (Å²) in [6.45, 7) is 1.59. The van der Waals surface area contributed by atoms with Gasteiger partial charge in [0, 0.05) is 11.6 Å². The van der Waals surface area contributed by atoms with E-state index in [0.717, 1.165) is 12.8 Å². The minimum atomic E-state index is -0.252. The summed E-state index contributed by atoms with van der Waals surface area (Å²) in [5, 5.41) is 0. The molecule has 2 rings (SSSR count). The number of hydrogen-bond donors (Lipinski definition) is 1. The van der Waals surface area contributed by atoms with Crippen LogP contribution in [0.4, 0.5) is 4.39 Å². The largest absolute Gasteiger partial charge is 0.486 e. The molecule has 1 aromatic rings. The van der Waals surface area contributed by atoms with Crippen LogP contribution in [-0.2, 0) is 6.42 Å². The lowest BCUT2D eigenvalue weighted by Crippen LogP contribution is -2.16. The Morgan fingerprint density at radius 2 is 2.06 bits per heavy atom. The maximum absolute atomic E-state index is 13.9. The van der Waals surface area contributed by atoms with Crippen molar-refractivity contribution in [3.05, 3.63) is 21.9 Å². The molecule has 1 aliphatic rings. The van der Waals surface area contributed by atoms with Crippen LogP contribution in [0.1, 0.15) is 18.4 Å². The topological polar surface area (TPSA) is 44.5 Å². The molecule has 2 N–H and O–H groups in total. The second kappa shape index (κ2) is 5.69. The van der Waals surface area contributed by atoms with E-state index in [9.17, 15) is 4.39 Å². The quantitative estimate of drug-likeness (QED) is 0.870. The zero-order chi connectivity index (χ0) is 12.3. The van der Waals surface area contributed by atoms with Gasteiger partial charge < -0.3 is 15.2 Å². The van der Waals surface area contributed by atoms with E-state index in [1.165, 1.54) is 6.07 Å². The van der Waals surface area contributed by atoms with Crippen LogP contribution in [0.15, 0.2) is 10.5 Å². The molecule has 5 heteroatoms. The molecule has 0 amide bonds. The van der Waals surface area contributed by atoms with Crippen molar-refractivity contribution in [2.24, 2.45) is 5.73 Å². The van der Waals surface area contributed by atoms with Crippen LogP contribution in [0.25, 0.3) is 0 Å². The Morgan fingerprint density at radius 1 is 1.29 bits per heavy atom. The van der Waals surface area contributed by atoms with E-state index in [1.807, 2.05) is 0 Å². The molecule has 0 bridgehead atoms. The van der Waals surface area contributed by atoms with Gasteiger partial charge in [-0.2, -0.15) is 0 Å². The summed E-state index contributed by atoms with van der Waals surface area (Å²) in [4.78, 5) is 0. The van der Waals surface area contributed by atoms with Crippen molar-refractivity contribution in [3.63, 3.8) is 0 Å². The molecule has 94 valence electrons. The van der Waals surface area contributed by atoms with Crippen LogP contribution in [0, 0.1) is 5.82 Å². The summed E-state index contributed by atoms with van der Waals surface area (Å²) >= 11 is 3.39. The predicted molar refractivity (Wildman–Crippen MR) is 67.1 cm³/mol. The highest BCUT2D eigenvalue weighted by Gasteiger charge is 2.21. The van der Waals surface area contributed by atoms with Gasteiger partial charge in [-0.1, -0.05) is 0 Å². The first-order valence-electron chi connectivity index (χ1n) is 5.70. The molecule has 0 fully saturated rings. The molecular formula is C12H15BrFNO2. The van der Waals surface area contributed by atoms with Crippen LogP contribution in [0.2, 0.25) is 0 Å². The molecule has 0 aliphatic carbocycles. The Hall–Kier alpha value is -0.810. The number of benzene rings is 1. The molecular weight excluding hydrogens is 289 g/mol. The zero-order valence-electron chi connectivity index (χ0n) is 9.47. The van der Waals surface area contributed by atoms with Gasteiger partial charge in [0.25, 0.3) is 0 Å². The average Bonchev–Trinajstić information content (AvgIpc) is 2.33. The van der Waals surface area contributed by atoms with E-state index < -0.39 is 0 Å². The first kappa shape index (κ1) is 12.6. The third-order valence-corrected chi connectivity index (χ3v) is 3.54. The average molecular weight is 304 g/mol. The summed E-state index contributed by atoms with van der Waals surface area (Å²) in [5.41, 5.74) is 6.07. The highest BCUT2D eigenvalue weighted by molar-refractivity contribution is 9.10. The van der Waals surface area contributed by atoms with E-state index in [-0.39, 0.29) is 5.82 Å². The lowest BCUT2D eigenvalue weighted by Gasteiger charge is -2.21. The van der Waals surface area contributed by atoms with Crippen molar-refractivity contribution in [1.29, 1.82) is 0 Å². The molecule has 1 heterocycles. The third-order valence-electron chi connectivity index (χ3n) is 2.70. The first-order valence-corrected chi connectivity index (χ1v) is 6.50. The van der Waals surface area contributed by atoms with Gasteiger partial charge >= 0.3 is 0 Å². The maximum Gasteiger partial charge on any atom is 0.175 e. The van der Waals surface area contributed by atoms with E-state index >= 15 is 0 Å². The summed E-state index contributed by atoms with van der Waals surface area (Å²) in [5.74, 6) is 0.835. The van der Waals surface area contributed by atoms with Crippen molar-refractivity contribution in [2.45, 2.75) is 19.3 Å². The monoisotopic (exact) mass is 303 g/mol. The normalized spacial score (nSPS) is 13.8. The van der Waals surface area contributed by atoms with Crippen LogP contribution in [0.5, 0.6) is 11.5 Å². The van der Waals surface area contributed by atoms with Crippen LogP contribution < -0.4 is 15.2 Å². The Morgan fingerprint density at radius 3 is 2.82 bits per heavy atom.